The van der Waals surface area contributed by atoms with Gasteiger partial charge >= 0.3 is 0 Å². The standard InChI is InChI=1S/C18H25NO2/c1-14(19-13-18(2,3)11-12-20)16-9-10-17(21-16)15-7-5-4-6-8-15/h4-10,14,19-20H,11-13H2,1-3H3. The third-order valence-corrected chi connectivity index (χ3v) is 3.79. The molecule has 0 aliphatic carbocycles. The molecule has 2 rings (SSSR count). The summed E-state index contributed by atoms with van der Waals surface area (Å²) < 4.78 is 5.94. The van der Waals surface area contributed by atoms with Crippen molar-refractivity contribution in [3.8, 4) is 11.3 Å². The first kappa shape index (κ1) is 15.8. The van der Waals surface area contributed by atoms with Gasteiger partial charge in [-0.1, -0.05) is 44.2 Å². The van der Waals surface area contributed by atoms with Gasteiger partial charge in [0.05, 0.1) is 6.04 Å². The van der Waals surface area contributed by atoms with Crippen LogP contribution in [0.15, 0.2) is 46.9 Å². The monoisotopic (exact) mass is 287 g/mol. The van der Waals surface area contributed by atoms with Gasteiger partial charge in [0.15, 0.2) is 0 Å². The Morgan fingerprint density at radius 3 is 2.52 bits per heavy atom. The number of hydrogen-bond acceptors (Lipinski definition) is 3. The molecule has 0 bridgehead atoms. The van der Waals surface area contributed by atoms with E-state index < -0.39 is 0 Å². The Hall–Kier alpha value is -1.58. The van der Waals surface area contributed by atoms with Crippen molar-refractivity contribution in [2.75, 3.05) is 13.2 Å². The fourth-order valence-electron chi connectivity index (χ4n) is 2.26. The first-order chi connectivity index (χ1) is 10.0. The zero-order valence-corrected chi connectivity index (χ0v) is 13.1. The van der Waals surface area contributed by atoms with E-state index in [4.69, 9.17) is 9.52 Å². The lowest BCUT2D eigenvalue weighted by Crippen LogP contribution is -2.31. The minimum absolute atomic E-state index is 0.0812. The SMILES string of the molecule is CC(NCC(C)(C)CCO)c1ccc(-c2ccccc2)o1. The Kier molecular flexibility index (Phi) is 5.21. The van der Waals surface area contributed by atoms with E-state index in [0.717, 1.165) is 30.0 Å². The Labute approximate surface area is 127 Å². The van der Waals surface area contributed by atoms with Crippen molar-refractivity contribution in [2.24, 2.45) is 5.41 Å². The van der Waals surface area contributed by atoms with Gasteiger partial charge in [0, 0.05) is 18.7 Å². The highest BCUT2D eigenvalue weighted by Gasteiger charge is 2.19. The summed E-state index contributed by atoms with van der Waals surface area (Å²) in [6, 6.07) is 14.3. The number of furan rings is 1. The molecule has 0 saturated heterocycles. The Morgan fingerprint density at radius 1 is 1.14 bits per heavy atom. The van der Waals surface area contributed by atoms with Crippen LogP contribution in [0.2, 0.25) is 0 Å². The third-order valence-electron chi connectivity index (χ3n) is 3.79. The summed E-state index contributed by atoms with van der Waals surface area (Å²) in [5, 5.41) is 12.6. The Bertz CT molecular complexity index is 545. The number of aliphatic hydroxyl groups excluding tert-OH is 1. The van der Waals surface area contributed by atoms with Crippen LogP contribution in [0.25, 0.3) is 11.3 Å². The molecule has 2 N–H and O–H groups in total. The number of hydrogen-bond donors (Lipinski definition) is 2. The molecule has 3 heteroatoms. The smallest absolute Gasteiger partial charge is 0.134 e. The number of nitrogens with one attached hydrogen (secondary N) is 1. The highest BCUT2D eigenvalue weighted by Crippen LogP contribution is 2.26. The van der Waals surface area contributed by atoms with Crippen LogP contribution in [0, 0.1) is 5.41 Å². The second-order valence-electron chi connectivity index (χ2n) is 6.31. The topological polar surface area (TPSA) is 45.4 Å². The number of benzene rings is 1. The van der Waals surface area contributed by atoms with Crippen LogP contribution in [0.3, 0.4) is 0 Å². The van der Waals surface area contributed by atoms with Gasteiger partial charge in [-0.15, -0.1) is 0 Å². The minimum Gasteiger partial charge on any atom is -0.459 e. The Balaban J connectivity index is 1.98. The fourth-order valence-corrected chi connectivity index (χ4v) is 2.26. The summed E-state index contributed by atoms with van der Waals surface area (Å²) in [6.45, 7) is 7.47. The van der Waals surface area contributed by atoms with Crippen LogP contribution in [-0.2, 0) is 0 Å². The average Bonchev–Trinajstić information content (AvgIpc) is 2.96. The summed E-state index contributed by atoms with van der Waals surface area (Å²) in [4.78, 5) is 0. The third kappa shape index (κ3) is 4.45. The highest BCUT2D eigenvalue weighted by molar-refractivity contribution is 5.57. The molecule has 1 atom stereocenters. The molecule has 0 aliphatic rings. The molecule has 114 valence electrons. The van der Waals surface area contributed by atoms with Crippen LogP contribution < -0.4 is 5.32 Å². The molecule has 0 aliphatic heterocycles. The maximum atomic E-state index is 9.07. The van der Waals surface area contributed by atoms with Gasteiger partial charge in [-0.05, 0) is 30.9 Å². The molecule has 0 fully saturated rings. The van der Waals surface area contributed by atoms with Crippen molar-refractivity contribution in [3.63, 3.8) is 0 Å². The summed E-state index contributed by atoms with van der Waals surface area (Å²) in [5.41, 5.74) is 1.18. The van der Waals surface area contributed by atoms with Crippen LogP contribution in [0.1, 0.15) is 39.0 Å². The second-order valence-corrected chi connectivity index (χ2v) is 6.31. The number of rotatable bonds is 7. The van der Waals surface area contributed by atoms with Crippen molar-refractivity contribution < 1.29 is 9.52 Å². The molecule has 1 unspecified atom stereocenters. The van der Waals surface area contributed by atoms with E-state index >= 15 is 0 Å². The molecule has 0 saturated carbocycles. The van der Waals surface area contributed by atoms with E-state index in [2.05, 4.69) is 26.1 Å². The van der Waals surface area contributed by atoms with Gasteiger partial charge in [0.1, 0.15) is 11.5 Å². The van der Waals surface area contributed by atoms with Gasteiger partial charge < -0.3 is 14.8 Å². The van der Waals surface area contributed by atoms with Crippen LogP contribution >= 0.6 is 0 Å². The van der Waals surface area contributed by atoms with Crippen molar-refractivity contribution in [3.05, 3.63) is 48.2 Å². The summed E-state index contributed by atoms with van der Waals surface area (Å²) in [6.07, 6.45) is 0.792. The normalized spacial score (nSPS) is 13.3. The lowest BCUT2D eigenvalue weighted by molar-refractivity contribution is 0.202. The van der Waals surface area contributed by atoms with Crippen molar-refractivity contribution >= 4 is 0 Å². The largest absolute Gasteiger partial charge is 0.459 e. The quantitative estimate of drug-likeness (QED) is 0.809. The predicted octanol–water partition coefficient (Wildman–Crippen LogP) is 4.01. The van der Waals surface area contributed by atoms with Crippen LogP contribution in [0.4, 0.5) is 0 Å². The molecule has 1 aromatic carbocycles. The van der Waals surface area contributed by atoms with Gasteiger partial charge in [0.25, 0.3) is 0 Å². The second kappa shape index (κ2) is 6.92. The summed E-state index contributed by atoms with van der Waals surface area (Å²) >= 11 is 0. The maximum Gasteiger partial charge on any atom is 0.134 e. The zero-order chi connectivity index (χ0) is 15.3. The van der Waals surface area contributed by atoms with Gasteiger partial charge in [-0.2, -0.15) is 0 Å². The molecular formula is C18H25NO2. The van der Waals surface area contributed by atoms with E-state index in [1.165, 1.54) is 0 Å². The average molecular weight is 287 g/mol. The molecule has 0 amide bonds. The molecule has 21 heavy (non-hydrogen) atoms. The summed E-state index contributed by atoms with van der Waals surface area (Å²) in [5.74, 6) is 1.84. The van der Waals surface area contributed by atoms with Crippen LogP contribution in [-0.4, -0.2) is 18.3 Å². The van der Waals surface area contributed by atoms with E-state index in [0.29, 0.717) is 0 Å². The van der Waals surface area contributed by atoms with Crippen molar-refractivity contribution in [1.29, 1.82) is 0 Å². The summed E-state index contributed by atoms with van der Waals surface area (Å²) in [7, 11) is 0. The molecule has 0 radical (unpaired) electrons. The number of aliphatic hydroxyl groups is 1. The fraction of sp³-hybridized carbons (Fsp3) is 0.444. The molecule has 1 aromatic heterocycles. The van der Waals surface area contributed by atoms with E-state index in [9.17, 15) is 0 Å². The molecule has 0 spiro atoms. The predicted molar refractivity (Wildman–Crippen MR) is 86.0 cm³/mol. The molecule has 3 nitrogen and oxygen atoms in total. The first-order valence-corrected chi connectivity index (χ1v) is 7.51. The van der Waals surface area contributed by atoms with Gasteiger partial charge in [-0.25, -0.2) is 0 Å². The lowest BCUT2D eigenvalue weighted by atomic mass is 9.89. The lowest BCUT2D eigenvalue weighted by Gasteiger charge is -2.25. The Morgan fingerprint density at radius 2 is 1.86 bits per heavy atom. The zero-order valence-electron chi connectivity index (χ0n) is 13.1. The van der Waals surface area contributed by atoms with Gasteiger partial charge in [-0.3, -0.25) is 0 Å². The van der Waals surface area contributed by atoms with Gasteiger partial charge in [0.2, 0.25) is 0 Å². The van der Waals surface area contributed by atoms with Crippen LogP contribution in [0.5, 0.6) is 0 Å². The first-order valence-electron chi connectivity index (χ1n) is 7.51. The van der Waals surface area contributed by atoms with E-state index in [1.807, 2.05) is 42.5 Å². The maximum absolute atomic E-state index is 9.07. The van der Waals surface area contributed by atoms with E-state index in [1.54, 1.807) is 0 Å². The molecule has 1 heterocycles. The van der Waals surface area contributed by atoms with E-state index in [-0.39, 0.29) is 18.1 Å². The highest BCUT2D eigenvalue weighted by atomic mass is 16.3. The minimum atomic E-state index is 0.0812. The molecule has 2 aromatic rings. The molecular weight excluding hydrogens is 262 g/mol. The van der Waals surface area contributed by atoms with Crippen molar-refractivity contribution in [2.45, 2.75) is 33.2 Å². The van der Waals surface area contributed by atoms with Crippen molar-refractivity contribution in [1.82, 2.24) is 5.32 Å².